The third kappa shape index (κ3) is 3.04. The van der Waals surface area contributed by atoms with Gasteiger partial charge in [0.2, 0.25) is 0 Å². The first-order valence-corrected chi connectivity index (χ1v) is 10.3. The van der Waals surface area contributed by atoms with Gasteiger partial charge in [-0.25, -0.2) is 9.37 Å². The predicted molar refractivity (Wildman–Crippen MR) is 105 cm³/mol. The number of ether oxygens (including phenoxy) is 1. The van der Waals surface area contributed by atoms with Crippen molar-refractivity contribution in [1.29, 1.82) is 0 Å². The molecule has 5 rings (SSSR count). The monoisotopic (exact) mass is 397 g/mol. The van der Waals surface area contributed by atoms with Gasteiger partial charge in [-0.05, 0) is 42.5 Å². The van der Waals surface area contributed by atoms with Crippen LogP contribution in [0.1, 0.15) is 29.0 Å². The standard InChI is InChI=1S/C21H20FN3O2S/c22-17-3-1-2-15(10-17)20(26)24-7-5-21(6-8-24)14-25-18(16-4-9-28-13-16)11-23-19(25)12-27-21/h1-4,9-11,13H,5-8,12,14H2. The minimum atomic E-state index is -0.386. The largest absolute Gasteiger partial charge is 0.365 e. The number of imidazole rings is 1. The summed E-state index contributed by atoms with van der Waals surface area (Å²) in [5.41, 5.74) is 2.42. The molecular weight excluding hydrogens is 377 g/mol. The van der Waals surface area contributed by atoms with Gasteiger partial charge in [0.05, 0.1) is 24.0 Å². The van der Waals surface area contributed by atoms with Gasteiger partial charge in [0.15, 0.2) is 0 Å². The highest BCUT2D eigenvalue weighted by atomic mass is 32.1. The Balaban J connectivity index is 1.32. The van der Waals surface area contributed by atoms with Crippen molar-refractivity contribution in [2.75, 3.05) is 13.1 Å². The zero-order valence-electron chi connectivity index (χ0n) is 15.3. The minimum absolute atomic E-state index is 0.118. The molecule has 3 aromatic rings. The van der Waals surface area contributed by atoms with Crippen LogP contribution in [0.2, 0.25) is 0 Å². The van der Waals surface area contributed by atoms with Gasteiger partial charge in [-0.3, -0.25) is 4.79 Å². The molecule has 5 nitrogen and oxygen atoms in total. The third-order valence-corrected chi connectivity index (χ3v) is 6.43. The maximum Gasteiger partial charge on any atom is 0.253 e. The summed E-state index contributed by atoms with van der Waals surface area (Å²) < 4.78 is 21.9. The normalized spacial score (nSPS) is 18.2. The molecule has 0 radical (unpaired) electrons. The third-order valence-electron chi connectivity index (χ3n) is 5.74. The summed E-state index contributed by atoms with van der Waals surface area (Å²) in [5.74, 6) is 0.445. The average molecular weight is 397 g/mol. The molecule has 0 saturated carbocycles. The van der Waals surface area contributed by atoms with Crippen molar-refractivity contribution in [3.63, 3.8) is 0 Å². The molecule has 2 aliphatic rings. The molecule has 1 fully saturated rings. The van der Waals surface area contributed by atoms with Gasteiger partial charge in [-0.1, -0.05) is 6.07 Å². The van der Waals surface area contributed by atoms with Crippen molar-refractivity contribution >= 4 is 17.2 Å². The van der Waals surface area contributed by atoms with Gasteiger partial charge in [-0.15, -0.1) is 0 Å². The summed E-state index contributed by atoms with van der Waals surface area (Å²) in [6.07, 6.45) is 3.44. The van der Waals surface area contributed by atoms with Crippen molar-refractivity contribution in [2.24, 2.45) is 0 Å². The van der Waals surface area contributed by atoms with Gasteiger partial charge in [0.1, 0.15) is 18.2 Å². The molecule has 7 heteroatoms. The van der Waals surface area contributed by atoms with E-state index in [1.54, 1.807) is 28.4 Å². The highest BCUT2D eigenvalue weighted by molar-refractivity contribution is 7.08. The van der Waals surface area contributed by atoms with Crippen LogP contribution in [0.15, 0.2) is 47.3 Å². The quantitative estimate of drug-likeness (QED) is 0.658. The summed E-state index contributed by atoms with van der Waals surface area (Å²) in [6, 6.07) is 8.00. The number of hydrogen-bond acceptors (Lipinski definition) is 4. The number of nitrogens with zero attached hydrogens (tertiary/aromatic N) is 3. The van der Waals surface area contributed by atoms with E-state index in [4.69, 9.17) is 4.74 Å². The molecule has 0 unspecified atom stereocenters. The van der Waals surface area contributed by atoms with Gasteiger partial charge < -0.3 is 14.2 Å². The first-order valence-electron chi connectivity index (χ1n) is 9.39. The van der Waals surface area contributed by atoms with Crippen LogP contribution < -0.4 is 0 Å². The number of carbonyl (C=O) groups is 1. The lowest BCUT2D eigenvalue weighted by Crippen LogP contribution is -2.52. The molecule has 144 valence electrons. The Morgan fingerprint density at radius 2 is 2.11 bits per heavy atom. The van der Waals surface area contributed by atoms with E-state index in [1.807, 2.05) is 6.20 Å². The Bertz CT molecular complexity index is 1010. The highest BCUT2D eigenvalue weighted by Gasteiger charge is 2.41. The number of likely N-dealkylation sites (tertiary alicyclic amines) is 1. The van der Waals surface area contributed by atoms with Gasteiger partial charge >= 0.3 is 0 Å². The number of aromatic nitrogens is 2. The smallest absolute Gasteiger partial charge is 0.253 e. The van der Waals surface area contributed by atoms with Crippen LogP contribution in [0.3, 0.4) is 0 Å². The molecule has 2 aromatic heterocycles. The van der Waals surface area contributed by atoms with Crippen molar-refractivity contribution in [2.45, 2.75) is 31.6 Å². The van der Waals surface area contributed by atoms with Gasteiger partial charge in [-0.2, -0.15) is 11.3 Å². The predicted octanol–water partition coefficient (Wildman–Crippen LogP) is 3.96. The zero-order chi connectivity index (χ0) is 19.1. The molecule has 1 saturated heterocycles. The van der Waals surface area contributed by atoms with Crippen molar-refractivity contribution in [3.05, 3.63) is 64.5 Å². The fraction of sp³-hybridized carbons (Fsp3) is 0.333. The van der Waals surface area contributed by atoms with E-state index in [0.717, 1.165) is 30.9 Å². The number of thiophene rings is 1. The highest BCUT2D eigenvalue weighted by Crippen LogP contribution is 2.36. The van der Waals surface area contributed by atoms with E-state index in [1.165, 1.54) is 17.7 Å². The zero-order valence-corrected chi connectivity index (χ0v) is 16.1. The number of benzene rings is 1. The molecular formula is C21H20FN3O2S. The van der Waals surface area contributed by atoms with Gasteiger partial charge in [0, 0.05) is 29.6 Å². The Morgan fingerprint density at radius 1 is 1.25 bits per heavy atom. The second-order valence-electron chi connectivity index (χ2n) is 7.43. The second-order valence-corrected chi connectivity index (χ2v) is 8.21. The number of hydrogen-bond donors (Lipinski definition) is 0. The maximum atomic E-state index is 13.4. The topological polar surface area (TPSA) is 47.4 Å². The SMILES string of the molecule is O=C(c1cccc(F)c1)N1CCC2(CC1)Cn1c(-c3ccsc3)cnc1CO2. The first kappa shape index (κ1) is 17.6. The lowest BCUT2D eigenvalue weighted by Gasteiger charge is -2.44. The number of amides is 1. The van der Waals surface area contributed by atoms with E-state index < -0.39 is 0 Å². The fourth-order valence-corrected chi connectivity index (χ4v) is 4.77. The summed E-state index contributed by atoms with van der Waals surface area (Å²) in [4.78, 5) is 19.0. The van der Waals surface area contributed by atoms with E-state index in [0.29, 0.717) is 25.3 Å². The van der Waals surface area contributed by atoms with Crippen LogP contribution in [0.4, 0.5) is 4.39 Å². The average Bonchev–Trinajstić information content (AvgIpc) is 3.37. The lowest BCUT2D eigenvalue weighted by molar-refractivity contribution is -0.117. The number of piperidine rings is 1. The lowest BCUT2D eigenvalue weighted by atomic mass is 9.89. The van der Waals surface area contributed by atoms with Crippen molar-refractivity contribution in [1.82, 2.24) is 14.5 Å². The van der Waals surface area contributed by atoms with Crippen LogP contribution in [-0.2, 0) is 17.9 Å². The summed E-state index contributed by atoms with van der Waals surface area (Å²) in [7, 11) is 0. The number of carbonyl (C=O) groups excluding carboxylic acids is 1. The molecule has 28 heavy (non-hydrogen) atoms. The molecule has 1 aromatic carbocycles. The Morgan fingerprint density at radius 3 is 2.86 bits per heavy atom. The van der Waals surface area contributed by atoms with Crippen LogP contribution in [-0.4, -0.2) is 39.0 Å². The fourth-order valence-electron chi connectivity index (χ4n) is 4.12. The van der Waals surface area contributed by atoms with Crippen LogP contribution in [0, 0.1) is 5.82 Å². The van der Waals surface area contributed by atoms with Gasteiger partial charge in [0.25, 0.3) is 5.91 Å². The summed E-state index contributed by atoms with van der Waals surface area (Å²) in [6.45, 7) is 2.44. The summed E-state index contributed by atoms with van der Waals surface area (Å²) in [5, 5.41) is 4.20. The Hall–Kier alpha value is -2.51. The number of halogens is 1. The first-order chi connectivity index (χ1) is 13.6. The van der Waals surface area contributed by atoms with E-state index >= 15 is 0 Å². The van der Waals surface area contributed by atoms with E-state index in [2.05, 4.69) is 26.4 Å². The Labute approximate surface area is 166 Å². The van der Waals surface area contributed by atoms with Crippen LogP contribution in [0.5, 0.6) is 0 Å². The van der Waals surface area contributed by atoms with Crippen LogP contribution in [0.25, 0.3) is 11.3 Å². The molecule has 0 N–H and O–H groups in total. The number of rotatable bonds is 2. The molecule has 0 atom stereocenters. The molecule has 4 heterocycles. The van der Waals surface area contributed by atoms with Crippen LogP contribution >= 0.6 is 11.3 Å². The second kappa shape index (κ2) is 6.83. The van der Waals surface area contributed by atoms with E-state index in [9.17, 15) is 9.18 Å². The van der Waals surface area contributed by atoms with Crippen molar-refractivity contribution in [3.8, 4) is 11.3 Å². The van der Waals surface area contributed by atoms with Crippen molar-refractivity contribution < 1.29 is 13.9 Å². The molecule has 1 spiro atoms. The van der Waals surface area contributed by atoms with E-state index in [-0.39, 0.29) is 17.3 Å². The summed E-state index contributed by atoms with van der Waals surface area (Å²) >= 11 is 1.67. The molecule has 0 bridgehead atoms. The molecule has 1 amide bonds. The molecule has 0 aliphatic carbocycles. The Kier molecular flexibility index (Phi) is 4.29. The minimum Gasteiger partial charge on any atom is -0.365 e. The number of fused-ring (bicyclic) bond motifs is 1. The maximum absolute atomic E-state index is 13.4. The molecule has 2 aliphatic heterocycles.